The van der Waals surface area contributed by atoms with Gasteiger partial charge in [-0.3, -0.25) is 9.59 Å². The van der Waals surface area contributed by atoms with E-state index in [1.165, 1.54) is 12.1 Å². The number of halogens is 1. The van der Waals surface area contributed by atoms with Gasteiger partial charge in [0.05, 0.1) is 29.9 Å². The van der Waals surface area contributed by atoms with Gasteiger partial charge in [0, 0.05) is 23.5 Å². The number of carboxylic acids is 1. The summed E-state index contributed by atoms with van der Waals surface area (Å²) in [5, 5.41) is 33.1. The molecule has 1 unspecified atom stereocenters. The average molecular weight is 601 g/mol. The molecular formula is C36H41FN2O5. The van der Waals surface area contributed by atoms with E-state index in [4.69, 9.17) is 5.11 Å². The Labute approximate surface area is 258 Å². The number of benzene rings is 3. The van der Waals surface area contributed by atoms with Gasteiger partial charge in [0.25, 0.3) is 5.91 Å². The van der Waals surface area contributed by atoms with Gasteiger partial charge in [0.2, 0.25) is 0 Å². The lowest BCUT2D eigenvalue weighted by Crippen LogP contribution is -2.23. The quantitative estimate of drug-likeness (QED) is 0.113. The van der Waals surface area contributed by atoms with E-state index in [-0.39, 0.29) is 37.0 Å². The molecule has 4 rings (SSSR count). The third-order valence-electron chi connectivity index (χ3n) is 7.84. The second-order valence-electron chi connectivity index (χ2n) is 11.3. The molecule has 0 aliphatic rings. The second-order valence-corrected chi connectivity index (χ2v) is 11.3. The molecule has 232 valence electrons. The summed E-state index contributed by atoms with van der Waals surface area (Å²) in [6.45, 7) is 4.50. The molecule has 7 nitrogen and oxygen atoms in total. The Morgan fingerprint density at radius 1 is 0.864 bits per heavy atom. The molecule has 1 heterocycles. The third kappa shape index (κ3) is 8.21. The number of nitrogens with zero attached hydrogens (tertiary/aromatic N) is 1. The Hall–Kier alpha value is -4.27. The first kappa shape index (κ1) is 32.6. The van der Waals surface area contributed by atoms with Crippen molar-refractivity contribution in [3.05, 3.63) is 102 Å². The Balaban J connectivity index is 1.94. The van der Waals surface area contributed by atoms with Crippen molar-refractivity contribution in [3.8, 4) is 22.4 Å². The molecule has 44 heavy (non-hydrogen) atoms. The number of aromatic nitrogens is 1. The molecule has 0 spiro atoms. The molecular weight excluding hydrogens is 559 g/mol. The van der Waals surface area contributed by atoms with E-state index in [0.29, 0.717) is 22.4 Å². The fourth-order valence-electron chi connectivity index (χ4n) is 5.76. The van der Waals surface area contributed by atoms with Crippen molar-refractivity contribution in [2.45, 2.75) is 77.0 Å². The predicted octanol–water partition coefficient (Wildman–Crippen LogP) is 7.48. The fourth-order valence-corrected chi connectivity index (χ4v) is 5.76. The molecule has 0 saturated carbocycles. The van der Waals surface area contributed by atoms with E-state index in [9.17, 15) is 24.2 Å². The van der Waals surface area contributed by atoms with Crippen LogP contribution in [0.5, 0.6) is 0 Å². The molecule has 0 saturated heterocycles. The van der Waals surface area contributed by atoms with E-state index in [1.54, 1.807) is 12.1 Å². The first-order valence-corrected chi connectivity index (χ1v) is 15.2. The Kier molecular flexibility index (Phi) is 11.5. The summed E-state index contributed by atoms with van der Waals surface area (Å²) in [4.78, 5) is 25.4. The maximum atomic E-state index is 14.3. The van der Waals surface area contributed by atoms with Crippen molar-refractivity contribution < 1.29 is 29.3 Å². The van der Waals surface area contributed by atoms with E-state index in [1.807, 2.05) is 60.7 Å². The van der Waals surface area contributed by atoms with Crippen LogP contribution in [-0.4, -0.2) is 44.0 Å². The Bertz CT molecular complexity index is 1520. The summed E-state index contributed by atoms with van der Waals surface area (Å²) < 4.78 is 16.2. The summed E-state index contributed by atoms with van der Waals surface area (Å²) in [6.07, 6.45) is 0.252. The molecule has 4 aromatic rings. The Morgan fingerprint density at radius 2 is 1.50 bits per heavy atom. The summed E-state index contributed by atoms with van der Waals surface area (Å²) in [5.41, 5.74) is 4.96. The van der Waals surface area contributed by atoms with Gasteiger partial charge >= 0.3 is 5.97 Å². The van der Waals surface area contributed by atoms with Gasteiger partial charge in [-0.25, -0.2) is 4.39 Å². The van der Waals surface area contributed by atoms with Crippen LogP contribution in [0.3, 0.4) is 0 Å². The number of nitrogens with one attached hydrogen (secondary N) is 1. The third-order valence-corrected chi connectivity index (χ3v) is 7.84. The zero-order valence-corrected chi connectivity index (χ0v) is 25.2. The maximum absolute atomic E-state index is 14.3. The van der Waals surface area contributed by atoms with Crippen molar-refractivity contribution >= 4 is 17.6 Å². The highest BCUT2D eigenvalue weighted by Gasteiger charge is 2.32. The molecule has 3 atom stereocenters. The van der Waals surface area contributed by atoms with E-state index >= 15 is 0 Å². The van der Waals surface area contributed by atoms with Crippen LogP contribution in [-0.2, 0) is 11.3 Å². The SMILES string of the molecule is CCCCC(C)c1c(C(=O)Nc2ccccc2)c(-c2ccccc2)c(-c2ccc(F)cc2)n1CC[C@@H](O)C[C@@H](O)CC(=O)O. The van der Waals surface area contributed by atoms with Crippen LogP contribution in [0.25, 0.3) is 22.4 Å². The normalized spacial score (nSPS) is 13.3. The first-order valence-electron chi connectivity index (χ1n) is 15.2. The van der Waals surface area contributed by atoms with Crippen molar-refractivity contribution in [2.75, 3.05) is 5.32 Å². The highest BCUT2D eigenvalue weighted by atomic mass is 19.1. The number of anilines is 1. The number of aliphatic carboxylic acids is 1. The number of unbranched alkanes of at least 4 members (excludes halogenated alkanes) is 1. The minimum Gasteiger partial charge on any atom is -0.481 e. The van der Waals surface area contributed by atoms with Gasteiger partial charge in [0.1, 0.15) is 5.82 Å². The number of hydrogen-bond acceptors (Lipinski definition) is 4. The summed E-state index contributed by atoms with van der Waals surface area (Å²) in [5.74, 6) is -1.83. The Morgan fingerprint density at radius 3 is 2.11 bits per heavy atom. The molecule has 4 N–H and O–H groups in total. The lowest BCUT2D eigenvalue weighted by molar-refractivity contribution is -0.139. The van der Waals surface area contributed by atoms with Crippen LogP contribution in [0, 0.1) is 5.82 Å². The number of amides is 1. The van der Waals surface area contributed by atoms with Crippen LogP contribution in [0.15, 0.2) is 84.9 Å². The number of para-hydroxylation sites is 1. The van der Waals surface area contributed by atoms with Gasteiger partial charge in [0.15, 0.2) is 0 Å². The molecule has 0 aliphatic carbocycles. The molecule has 1 aromatic heterocycles. The van der Waals surface area contributed by atoms with Gasteiger partial charge in [-0.05, 0) is 72.7 Å². The summed E-state index contributed by atoms with van der Waals surface area (Å²) >= 11 is 0. The molecule has 0 fully saturated rings. The van der Waals surface area contributed by atoms with Gasteiger partial charge in [-0.2, -0.15) is 0 Å². The van der Waals surface area contributed by atoms with Gasteiger partial charge in [-0.1, -0.05) is 75.2 Å². The number of carbonyl (C=O) groups excluding carboxylic acids is 1. The number of hydrogen-bond donors (Lipinski definition) is 4. The minimum atomic E-state index is -1.18. The number of carboxylic acid groups (broad SMARTS) is 1. The van der Waals surface area contributed by atoms with Crippen molar-refractivity contribution in [2.24, 2.45) is 0 Å². The van der Waals surface area contributed by atoms with E-state index < -0.39 is 24.6 Å². The smallest absolute Gasteiger partial charge is 0.305 e. The van der Waals surface area contributed by atoms with E-state index in [0.717, 1.165) is 36.2 Å². The minimum absolute atomic E-state index is 0.0436. The second kappa shape index (κ2) is 15.5. The highest BCUT2D eigenvalue weighted by Crippen LogP contribution is 2.43. The van der Waals surface area contributed by atoms with Crippen LogP contribution in [0.1, 0.15) is 74.3 Å². The standard InChI is InChI=1S/C36H41FN2O5/c1-3-4-11-24(2)34-33(36(44)38-28-14-9-6-10-15-28)32(25-12-7-5-8-13-25)35(26-16-18-27(37)19-17-26)39(34)21-20-29(40)22-30(41)23-31(42)43/h5-10,12-19,24,29-30,40-41H,3-4,11,20-23H2,1-2H3,(H,38,44)(H,42,43)/t24?,29-,30-/m1/s1. The topological polar surface area (TPSA) is 112 Å². The monoisotopic (exact) mass is 600 g/mol. The fraction of sp³-hybridized carbons (Fsp3) is 0.333. The lowest BCUT2D eigenvalue weighted by atomic mass is 9.92. The van der Waals surface area contributed by atoms with Gasteiger partial charge < -0.3 is 25.2 Å². The average Bonchev–Trinajstić information content (AvgIpc) is 3.35. The van der Waals surface area contributed by atoms with Crippen molar-refractivity contribution in [1.82, 2.24) is 4.57 Å². The maximum Gasteiger partial charge on any atom is 0.305 e. The van der Waals surface area contributed by atoms with E-state index in [2.05, 4.69) is 23.7 Å². The number of carbonyl (C=O) groups is 2. The molecule has 3 aromatic carbocycles. The number of aliphatic hydroxyl groups is 2. The summed E-state index contributed by atoms with van der Waals surface area (Å²) in [7, 11) is 0. The van der Waals surface area contributed by atoms with Gasteiger partial charge in [-0.15, -0.1) is 0 Å². The first-order chi connectivity index (χ1) is 21.2. The largest absolute Gasteiger partial charge is 0.481 e. The van der Waals surface area contributed by atoms with Crippen molar-refractivity contribution in [3.63, 3.8) is 0 Å². The lowest BCUT2D eigenvalue weighted by Gasteiger charge is -2.21. The van der Waals surface area contributed by atoms with Crippen LogP contribution in [0.4, 0.5) is 10.1 Å². The number of aliphatic hydroxyl groups excluding tert-OH is 2. The summed E-state index contributed by atoms with van der Waals surface area (Å²) in [6, 6.07) is 25.0. The van der Waals surface area contributed by atoms with Crippen LogP contribution >= 0.6 is 0 Å². The van der Waals surface area contributed by atoms with Crippen LogP contribution < -0.4 is 5.32 Å². The highest BCUT2D eigenvalue weighted by molar-refractivity contribution is 6.12. The molecule has 0 bridgehead atoms. The number of rotatable bonds is 15. The molecule has 0 radical (unpaired) electrons. The van der Waals surface area contributed by atoms with Crippen molar-refractivity contribution in [1.29, 1.82) is 0 Å². The molecule has 0 aliphatic heterocycles. The molecule has 1 amide bonds. The predicted molar refractivity (Wildman–Crippen MR) is 171 cm³/mol. The zero-order valence-electron chi connectivity index (χ0n) is 25.2. The zero-order chi connectivity index (χ0) is 31.6. The molecule has 8 heteroatoms. The van der Waals surface area contributed by atoms with Crippen LogP contribution in [0.2, 0.25) is 0 Å².